The Morgan fingerprint density at radius 3 is 3.03 bits per heavy atom. The van der Waals surface area contributed by atoms with Gasteiger partial charge in [-0.1, -0.05) is 12.1 Å². The van der Waals surface area contributed by atoms with Gasteiger partial charge < -0.3 is 19.0 Å². The number of aromatic nitrogens is 5. The molecule has 0 radical (unpaired) electrons. The molecule has 0 aliphatic carbocycles. The molecule has 0 bridgehead atoms. The average Bonchev–Trinajstić information content (AvgIpc) is 3.28. The van der Waals surface area contributed by atoms with Gasteiger partial charge >= 0.3 is 0 Å². The number of ether oxygens (including phenoxy) is 1. The largest absolute Gasteiger partial charge is 0.490 e. The van der Waals surface area contributed by atoms with Crippen LogP contribution in [0.5, 0.6) is 5.75 Å². The predicted molar refractivity (Wildman–Crippen MR) is 122 cm³/mol. The lowest BCUT2D eigenvalue weighted by Crippen LogP contribution is -2.28. The smallest absolute Gasteiger partial charge is 0.266 e. The highest BCUT2D eigenvalue weighted by Crippen LogP contribution is 2.32. The van der Waals surface area contributed by atoms with E-state index in [1.165, 1.54) is 6.20 Å². The molecular weight excluding hydrogens is 404 g/mol. The first-order valence-electron chi connectivity index (χ1n) is 10.4. The van der Waals surface area contributed by atoms with Crippen LogP contribution < -0.4 is 15.2 Å². The van der Waals surface area contributed by atoms with E-state index >= 15 is 0 Å². The number of hydrogen-bond donors (Lipinski definition) is 1. The number of benzene rings is 2. The van der Waals surface area contributed by atoms with Crippen LogP contribution in [0.2, 0.25) is 0 Å². The summed E-state index contributed by atoms with van der Waals surface area (Å²) in [6.07, 6.45) is 7.56. The van der Waals surface area contributed by atoms with Gasteiger partial charge in [0.25, 0.3) is 5.56 Å². The van der Waals surface area contributed by atoms with Crippen molar-refractivity contribution < 1.29 is 4.74 Å². The van der Waals surface area contributed by atoms with Crippen molar-refractivity contribution in [2.75, 3.05) is 25.1 Å². The minimum Gasteiger partial charge on any atom is -0.490 e. The summed E-state index contributed by atoms with van der Waals surface area (Å²) in [5.74, 6) is 0.901. The van der Waals surface area contributed by atoms with Crippen LogP contribution >= 0.6 is 0 Å². The fourth-order valence-electron chi connectivity index (χ4n) is 4.16. The number of anilines is 1. The number of nitrogens with one attached hydrogen (secondary N) is 1. The molecule has 6 rings (SSSR count). The quantitative estimate of drug-likeness (QED) is 0.479. The second-order valence-electron chi connectivity index (χ2n) is 7.96. The standard InChI is InChI=1S/C24H20N6O2/c1-29-8-9-32-22-11-15(2-5-21(22)29)10-19-24-25-6-7-30(24)14-20(27-19)16-3-4-17-18(12-16)28-23(31)13-26-17/h2-7,11-14H,8-10H2,1H3,(H,28,31). The maximum Gasteiger partial charge on any atom is 0.266 e. The summed E-state index contributed by atoms with van der Waals surface area (Å²) in [7, 11) is 2.08. The average molecular weight is 424 g/mol. The summed E-state index contributed by atoms with van der Waals surface area (Å²) in [5, 5.41) is 0. The molecule has 32 heavy (non-hydrogen) atoms. The van der Waals surface area contributed by atoms with E-state index in [1.54, 1.807) is 6.20 Å². The Balaban J connectivity index is 1.43. The van der Waals surface area contributed by atoms with E-state index in [0.29, 0.717) is 18.5 Å². The number of fused-ring (bicyclic) bond motifs is 3. The first-order valence-corrected chi connectivity index (χ1v) is 10.4. The number of H-pyrrole nitrogens is 1. The van der Waals surface area contributed by atoms with Crippen LogP contribution in [0.4, 0.5) is 5.69 Å². The zero-order chi connectivity index (χ0) is 21.7. The predicted octanol–water partition coefficient (Wildman–Crippen LogP) is 3.05. The van der Waals surface area contributed by atoms with Gasteiger partial charge in [-0.05, 0) is 29.8 Å². The molecule has 1 aliphatic rings. The molecule has 0 spiro atoms. The van der Waals surface area contributed by atoms with E-state index in [0.717, 1.165) is 51.7 Å². The minimum absolute atomic E-state index is 0.228. The SMILES string of the molecule is CN1CCOc2cc(Cc3nc(-c4ccc5ncc(=O)[nH]c5c4)cn4ccnc34)ccc21. The van der Waals surface area contributed by atoms with Crippen molar-refractivity contribution in [3.63, 3.8) is 0 Å². The highest BCUT2D eigenvalue weighted by Gasteiger charge is 2.16. The van der Waals surface area contributed by atoms with Gasteiger partial charge in [0.15, 0.2) is 5.65 Å². The molecular formula is C24H20N6O2. The highest BCUT2D eigenvalue weighted by molar-refractivity contribution is 5.80. The Morgan fingerprint density at radius 2 is 2.09 bits per heavy atom. The van der Waals surface area contributed by atoms with E-state index in [-0.39, 0.29) is 5.56 Å². The third kappa shape index (κ3) is 3.17. The number of likely N-dealkylation sites (N-methyl/N-ethyl adjacent to an activating group) is 1. The summed E-state index contributed by atoms with van der Waals surface area (Å²) in [6, 6.07) is 12.1. The van der Waals surface area contributed by atoms with Crippen molar-refractivity contribution in [2.45, 2.75) is 6.42 Å². The van der Waals surface area contributed by atoms with E-state index in [1.807, 2.05) is 35.0 Å². The molecule has 1 aliphatic heterocycles. The van der Waals surface area contributed by atoms with Gasteiger partial charge in [0.1, 0.15) is 12.4 Å². The number of imidazole rings is 1. The van der Waals surface area contributed by atoms with Gasteiger partial charge in [0, 0.05) is 37.6 Å². The number of nitrogens with zero attached hydrogens (tertiary/aromatic N) is 5. The van der Waals surface area contributed by atoms with E-state index < -0.39 is 0 Å². The zero-order valence-corrected chi connectivity index (χ0v) is 17.4. The molecule has 0 saturated carbocycles. The first-order chi connectivity index (χ1) is 15.6. The van der Waals surface area contributed by atoms with Crippen molar-refractivity contribution in [3.05, 3.63) is 82.8 Å². The molecule has 8 heteroatoms. The van der Waals surface area contributed by atoms with Crippen LogP contribution in [0, 0.1) is 0 Å². The van der Waals surface area contributed by atoms with Crippen LogP contribution in [0.25, 0.3) is 27.9 Å². The summed E-state index contributed by atoms with van der Waals surface area (Å²) < 4.78 is 7.85. The molecule has 0 fully saturated rings. The third-order valence-corrected chi connectivity index (χ3v) is 5.81. The third-order valence-electron chi connectivity index (χ3n) is 5.81. The second-order valence-corrected chi connectivity index (χ2v) is 7.96. The van der Waals surface area contributed by atoms with Crippen LogP contribution in [-0.4, -0.2) is 44.5 Å². The molecule has 3 aromatic heterocycles. The van der Waals surface area contributed by atoms with Gasteiger partial charge in [0.05, 0.1) is 40.9 Å². The van der Waals surface area contributed by atoms with E-state index in [2.05, 4.69) is 45.1 Å². The Labute approximate surface area is 183 Å². The normalized spacial score (nSPS) is 13.3. The van der Waals surface area contributed by atoms with Gasteiger partial charge in [-0.3, -0.25) is 4.79 Å². The van der Waals surface area contributed by atoms with E-state index in [9.17, 15) is 4.79 Å². The summed E-state index contributed by atoms with van der Waals surface area (Å²) in [6.45, 7) is 1.57. The molecule has 1 N–H and O–H groups in total. The zero-order valence-electron chi connectivity index (χ0n) is 17.4. The van der Waals surface area contributed by atoms with Crippen molar-refractivity contribution in [3.8, 4) is 17.0 Å². The molecule has 8 nitrogen and oxygen atoms in total. The first kappa shape index (κ1) is 18.6. The van der Waals surface area contributed by atoms with Crippen molar-refractivity contribution in [1.29, 1.82) is 0 Å². The fourth-order valence-corrected chi connectivity index (χ4v) is 4.16. The van der Waals surface area contributed by atoms with Gasteiger partial charge in [-0.15, -0.1) is 0 Å². The van der Waals surface area contributed by atoms with Crippen molar-refractivity contribution >= 4 is 22.4 Å². The molecule has 4 heterocycles. The van der Waals surface area contributed by atoms with Gasteiger partial charge in [-0.25, -0.2) is 15.0 Å². The Kier molecular flexibility index (Phi) is 4.17. The maximum atomic E-state index is 11.7. The molecule has 0 unspecified atom stereocenters. The topological polar surface area (TPSA) is 88.4 Å². The lowest BCUT2D eigenvalue weighted by molar-refractivity contribution is 0.311. The molecule has 0 amide bonds. The monoisotopic (exact) mass is 424 g/mol. The van der Waals surface area contributed by atoms with Gasteiger partial charge in [-0.2, -0.15) is 0 Å². The Bertz CT molecular complexity index is 1540. The molecule has 0 atom stereocenters. The summed E-state index contributed by atoms with van der Waals surface area (Å²) in [5.41, 5.74) is 6.79. The van der Waals surface area contributed by atoms with Gasteiger partial charge in [0.2, 0.25) is 0 Å². The molecule has 2 aromatic carbocycles. The van der Waals surface area contributed by atoms with Crippen molar-refractivity contribution in [2.24, 2.45) is 0 Å². The Morgan fingerprint density at radius 1 is 1.16 bits per heavy atom. The molecule has 5 aromatic rings. The second kappa shape index (κ2) is 7.19. The van der Waals surface area contributed by atoms with Crippen LogP contribution in [0.1, 0.15) is 11.3 Å². The molecule has 158 valence electrons. The number of rotatable bonds is 3. The van der Waals surface area contributed by atoms with Crippen LogP contribution in [0.3, 0.4) is 0 Å². The van der Waals surface area contributed by atoms with Crippen LogP contribution in [-0.2, 0) is 6.42 Å². The summed E-state index contributed by atoms with van der Waals surface area (Å²) in [4.78, 5) is 30.4. The maximum absolute atomic E-state index is 11.7. The lowest BCUT2D eigenvalue weighted by atomic mass is 10.1. The number of aromatic amines is 1. The minimum atomic E-state index is -0.228. The molecule has 0 saturated heterocycles. The number of hydrogen-bond acceptors (Lipinski definition) is 6. The summed E-state index contributed by atoms with van der Waals surface area (Å²) >= 11 is 0. The van der Waals surface area contributed by atoms with Crippen molar-refractivity contribution in [1.82, 2.24) is 24.3 Å². The lowest BCUT2D eigenvalue weighted by Gasteiger charge is -2.28. The highest BCUT2D eigenvalue weighted by atomic mass is 16.5. The van der Waals surface area contributed by atoms with E-state index in [4.69, 9.17) is 9.72 Å². The fraction of sp³-hybridized carbons (Fsp3) is 0.167. The van der Waals surface area contributed by atoms with Crippen LogP contribution in [0.15, 0.2) is 66.0 Å². The Hall–Kier alpha value is -4.20.